The van der Waals surface area contributed by atoms with Gasteiger partial charge in [0.05, 0.1) is 23.8 Å². The number of anilines is 2. The quantitative estimate of drug-likeness (QED) is 0.683. The summed E-state index contributed by atoms with van der Waals surface area (Å²) in [5.74, 6) is 0.914. The summed E-state index contributed by atoms with van der Waals surface area (Å²) < 4.78 is 33.3. The molecule has 0 aliphatic carbocycles. The highest BCUT2D eigenvalue weighted by Crippen LogP contribution is 2.32. The molecule has 1 aromatic heterocycles. The average molecular weight is 398 g/mol. The van der Waals surface area contributed by atoms with Crippen LogP contribution in [0.25, 0.3) is 11.0 Å². The monoisotopic (exact) mass is 398 g/mol. The van der Waals surface area contributed by atoms with Gasteiger partial charge >= 0.3 is 0 Å². The maximum atomic E-state index is 13.1. The summed E-state index contributed by atoms with van der Waals surface area (Å²) in [6.45, 7) is 3.32. The van der Waals surface area contributed by atoms with Gasteiger partial charge in [-0.3, -0.25) is 4.98 Å². The van der Waals surface area contributed by atoms with E-state index in [9.17, 15) is 8.42 Å². The Labute approximate surface area is 164 Å². The largest absolute Gasteiger partial charge is 0.492 e. The van der Waals surface area contributed by atoms with E-state index in [-0.39, 0.29) is 4.90 Å². The zero-order valence-electron chi connectivity index (χ0n) is 15.6. The van der Waals surface area contributed by atoms with Crippen molar-refractivity contribution < 1.29 is 13.2 Å². The Bertz CT molecular complexity index is 1100. The summed E-state index contributed by atoms with van der Waals surface area (Å²) in [5, 5.41) is 3.16. The predicted octanol–water partition coefficient (Wildman–Crippen LogP) is 3.56. The van der Waals surface area contributed by atoms with Crippen LogP contribution in [-0.2, 0) is 10.0 Å². The molecule has 1 fully saturated rings. The molecule has 7 nitrogen and oxygen atoms in total. The Morgan fingerprint density at radius 2 is 1.86 bits per heavy atom. The van der Waals surface area contributed by atoms with E-state index >= 15 is 0 Å². The molecule has 2 heterocycles. The van der Waals surface area contributed by atoms with Crippen molar-refractivity contribution in [2.45, 2.75) is 24.7 Å². The summed E-state index contributed by atoms with van der Waals surface area (Å²) in [5.41, 5.74) is 2.19. The van der Waals surface area contributed by atoms with Gasteiger partial charge in [0.15, 0.2) is 0 Å². The molecule has 0 radical (unpaired) electrons. The van der Waals surface area contributed by atoms with Crippen molar-refractivity contribution in [3.8, 4) is 5.75 Å². The maximum absolute atomic E-state index is 13.1. The van der Waals surface area contributed by atoms with Gasteiger partial charge in [0.2, 0.25) is 10.0 Å². The fourth-order valence-electron chi connectivity index (χ4n) is 3.30. The van der Waals surface area contributed by atoms with E-state index in [0.717, 1.165) is 23.9 Å². The molecule has 0 unspecified atom stereocenters. The van der Waals surface area contributed by atoms with E-state index in [1.54, 1.807) is 24.4 Å². The molecule has 0 saturated carbocycles. The number of benzene rings is 2. The van der Waals surface area contributed by atoms with Gasteiger partial charge in [0, 0.05) is 18.8 Å². The van der Waals surface area contributed by atoms with Crippen molar-refractivity contribution in [2.24, 2.45) is 0 Å². The van der Waals surface area contributed by atoms with Gasteiger partial charge in [-0.2, -0.15) is 4.31 Å². The van der Waals surface area contributed by atoms with Crippen LogP contribution in [-0.4, -0.2) is 42.4 Å². The lowest BCUT2D eigenvalue weighted by atomic mass is 10.3. The number of rotatable bonds is 6. The molecule has 4 rings (SSSR count). The molecule has 3 aromatic rings. The molecule has 2 aromatic carbocycles. The van der Waals surface area contributed by atoms with Gasteiger partial charge in [0.25, 0.3) is 0 Å². The first-order chi connectivity index (χ1) is 13.6. The lowest BCUT2D eigenvalue weighted by molar-refractivity contribution is 0.330. The SMILES string of the molecule is CCOc1ccc(Nc2cnc3ccccc3n2)cc1S(=O)(=O)N1CCCC1. The molecule has 146 valence electrons. The summed E-state index contributed by atoms with van der Waals surface area (Å²) in [7, 11) is -3.61. The van der Waals surface area contributed by atoms with Crippen LogP contribution >= 0.6 is 0 Å². The minimum absolute atomic E-state index is 0.176. The summed E-state index contributed by atoms with van der Waals surface area (Å²) in [6.07, 6.45) is 3.40. The highest BCUT2D eigenvalue weighted by molar-refractivity contribution is 7.89. The number of aromatic nitrogens is 2. The van der Waals surface area contributed by atoms with Crippen molar-refractivity contribution in [2.75, 3.05) is 25.0 Å². The van der Waals surface area contributed by atoms with Gasteiger partial charge < -0.3 is 10.1 Å². The number of hydrogen-bond donors (Lipinski definition) is 1. The molecule has 1 aliphatic heterocycles. The Balaban J connectivity index is 1.69. The number of nitrogens with zero attached hydrogens (tertiary/aromatic N) is 3. The first-order valence-corrected chi connectivity index (χ1v) is 10.8. The third kappa shape index (κ3) is 3.65. The van der Waals surface area contributed by atoms with Crippen LogP contribution in [0.2, 0.25) is 0 Å². The molecular weight excluding hydrogens is 376 g/mol. The molecule has 0 spiro atoms. The number of ether oxygens (including phenoxy) is 1. The molecule has 1 saturated heterocycles. The number of sulfonamides is 1. The Kier molecular flexibility index (Phi) is 5.15. The van der Waals surface area contributed by atoms with E-state index in [4.69, 9.17) is 4.74 Å². The van der Waals surface area contributed by atoms with Gasteiger partial charge in [0.1, 0.15) is 16.5 Å². The topological polar surface area (TPSA) is 84.4 Å². The lowest BCUT2D eigenvalue weighted by Crippen LogP contribution is -2.28. The Morgan fingerprint density at radius 3 is 2.61 bits per heavy atom. The Hall–Kier alpha value is -2.71. The molecule has 0 atom stereocenters. The van der Waals surface area contributed by atoms with Crippen molar-refractivity contribution in [3.05, 3.63) is 48.7 Å². The summed E-state index contributed by atoms with van der Waals surface area (Å²) in [4.78, 5) is 9.09. The zero-order valence-corrected chi connectivity index (χ0v) is 16.4. The lowest BCUT2D eigenvalue weighted by Gasteiger charge is -2.19. The van der Waals surface area contributed by atoms with E-state index < -0.39 is 10.0 Å². The van der Waals surface area contributed by atoms with E-state index in [1.165, 1.54) is 4.31 Å². The van der Waals surface area contributed by atoms with Crippen molar-refractivity contribution in [3.63, 3.8) is 0 Å². The van der Waals surface area contributed by atoms with E-state index in [2.05, 4.69) is 15.3 Å². The van der Waals surface area contributed by atoms with Crippen LogP contribution in [0.1, 0.15) is 19.8 Å². The number of nitrogens with one attached hydrogen (secondary N) is 1. The molecule has 1 aliphatic rings. The third-order valence-electron chi connectivity index (χ3n) is 4.65. The first-order valence-electron chi connectivity index (χ1n) is 9.34. The fraction of sp³-hybridized carbons (Fsp3) is 0.300. The third-order valence-corrected chi connectivity index (χ3v) is 6.57. The average Bonchev–Trinajstić information content (AvgIpc) is 3.25. The van der Waals surface area contributed by atoms with Crippen LogP contribution in [0.5, 0.6) is 5.75 Å². The molecular formula is C20H22N4O3S. The minimum Gasteiger partial charge on any atom is -0.492 e. The second-order valence-electron chi connectivity index (χ2n) is 6.57. The van der Waals surface area contributed by atoms with Crippen LogP contribution in [0.3, 0.4) is 0 Å². The second-order valence-corrected chi connectivity index (χ2v) is 8.48. The maximum Gasteiger partial charge on any atom is 0.246 e. The van der Waals surface area contributed by atoms with Crippen LogP contribution in [0, 0.1) is 0 Å². The van der Waals surface area contributed by atoms with Crippen LogP contribution in [0.15, 0.2) is 53.6 Å². The second kappa shape index (κ2) is 7.73. The molecule has 0 bridgehead atoms. The van der Waals surface area contributed by atoms with Gasteiger partial charge in [-0.05, 0) is 50.1 Å². The van der Waals surface area contributed by atoms with Crippen molar-refractivity contribution in [1.29, 1.82) is 0 Å². The fourth-order valence-corrected chi connectivity index (χ4v) is 4.97. The van der Waals surface area contributed by atoms with Gasteiger partial charge in [-0.1, -0.05) is 12.1 Å². The normalized spacial score (nSPS) is 15.0. The standard InChI is InChI=1S/C20H22N4O3S/c1-2-27-18-10-9-15(13-19(18)28(25,26)24-11-5-6-12-24)22-20-14-21-16-7-3-4-8-17(16)23-20/h3-4,7-10,13-14H,2,5-6,11-12H2,1H3,(H,22,23). The molecule has 28 heavy (non-hydrogen) atoms. The number of fused-ring (bicyclic) bond motifs is 1. The minimum atomic E-state index is -3.61. The van der Waals surface area contributed by atoms with Crippen molar-refractivity contribution >= 4 is 32.6 Å². The number of para-hydroxylation sites is 2. The molecule has 8 heteroatoms. The van der Waals surface area contributed by atoms with Crippen LogP contribution in [0.4, 0.5) is 11.5 Å². The smallest absolute Gasteiger partial charge is 0.246 e. The van der Waals surface area contributed by atoms with Crippen LogP contribution < -0.4 is 10.1 Å². The van der Waals surface area contributed by atoms with Gasteiger partial charge in [-0.25, -0.2) is 13.4 Å². The van der Waals surface area contributed by atoms with E-state index in [1.807, 2.05) is 31.2 Å². The van der Waals surface area contributed by atoms with Gasteiger partial charge in [-0.15, -0.1) is 0 Å². The molecule has 1 N–H and O–H groups in total. The van der Waals surface area contributed by atoms with E-state index in [0.29, 0.717) is 37.0 Å². The first kappa shape index (κ1) is 18.6. The summed E-state index contributed by atoms with van der Waals surface area (Å²) >= 11 is 0. The molecule has 0 amide bonds. The summed E-state index contributed by atoms with van der Waals surface area (Å²) in [6, 6.07) is 12.7. The zero-order chi connectivity index (χ0) is 19.6. The van der Waals surface area contributed by atoms with Crippen molar-refractivity contribution in [1.82, 2.24) is 14.3 Å². The highest BCUT2D eigenvalue weighted by Gasteiger charge is 2.30. The highest BCUT2D eigenvalue weighted by atomic mass is 32.2. The predicted molar refractivity (Wildman–Crippen MR) is 108 cm³/mol. The number of hydrogen-bond acceptors (Lipinski definition) is 6. The Morgan fingerprint density at radius 1 is 1.11 bits per heavy atom.